The highest BCUT2D eigenvalue weighted by atomic mass is 16.3. The number of aromatic hydroxyl groups is 1. The molecule has 0 aliphatic heterocycles. The van der Waals surface area contributed by atoms with Crippen LogP contribution in [-0.4, -0.2) is 28.6 Å². The Bertz CT molecular complexity index is 389. The highest BCUT2D eigenvalue weighted by molar-refractivity contribution is 5.96. The minimum Gasteiger partial charge on any atom is -0.505 e. The first-order valence-corrected chi connectivity index (χ1v) is 5.33. The van der Waals surface area contributed by atoms with Crippen molar-refractivity contribution in [2.24, 2.45) is 11.7 Å². The van der Waals surface area contributed by atoms with Gasteiger partial charge < -0.3 is 16.2 Å². The molecule has 1 aromatic heterocycles. The summed E-state index contributed by atoms with van der Waals surface area (Å²) in [7, 11) is 0. The first kappa shape index (κ1) is 10.9. The van der Waals surface area contributed by atoms with E-state index in [0.717, 1.165) is 12.8 Å². The zero-order chi connectivity index (χ0) is 11.5. The molecule has 1 aliphatic carbocycles. The molecule has 0 spiro atoms. The van der Waals surface area contributed by atoms with E-state index >= 15 is 0 Å². The molecule has 5 nitrogen and oxygen atoms in total. The van der Waals surface area contributed by atoms with Crippen molar-refractivity contribution in [1.29, 1.82) is 0 Å². The lowest BCUT2D eigenvalue weighted by atomic mass is 9.81. The zero-order valence-corrected chi connectivity index (χ0v) is 8.89. The van der Waals surface area contributed by atoms with Crippen LogP contribution in [0.4, 0.5) is 0 Å². The molecule has 1 fully saturated rings. The summed E-state index contributed by atoms with van der Waals surface area (Å²) in [6, 6.07) is 1.79. The van der Waals surface area contributed by atoms with Crippen LogP contribution in [0.5, 0.6) is 5.75 Å². The largest absolute Gasteiger partial charge is 0.505 e. The van der Waals surface area contributed by atoms with Crippen molar-refractivity contribution in [3.05, 3.63) is 24.0 Å². The first-order chi connectivity index (χ1) is 7.66. The minimum atomic E-state index is -0.264. The van der Waals surface area contributed by atoms with Crippen molar-refractivity contribution >= 4 is 5.91 Å². The van der Waals surface area contributed by atoms with Crippen molar-refractivity contribution in [3.8, 4) is 5.75 Å². The Kier molecular flexibility index (Phi) is 3.05. The summed E-state index contributed by atoms with van der Waals surface area (Å²) in [6.07, 6.45) is 4.66. The highest BCUT2D eigenvalue weighted by Gasteiger charge is 2.26. The van der Waals surface area contributed by atoms with E-state index < -0.39 is 0 Å². The van der Waals surface area contributed by atoms with Crippen molar-refractivity contribution in [2.45, 2.75) is 18.9 Å². The van der Waals surface area contributed by atoms with E-state index in [4.69, 9.17) is 5.73 Å². The number of pyridine rings is 1. The summed E-state index contributed by atoms with van der Waals surface area (Å²) >= 11 is 0. The van der Waals surface area contributed by atoms with Crippen LogP contribution in [0.15, 0.2) is 18.5 Å². The van der Waals surface area contributed by atoms with Gasteiger partial charge in [0.05, 0.1) is 11.8 Å². The van der Waals surface area contributed by atoms with E-state index in [1.165, 1.54) is 18.5 Å². The Labute approximate surface area is 93.7 Å². The van der Waals surface area contributed by atoms with E-state index in [1.807, 2.05) is 0 Å². The van der Waals surface area contributed by atoms with Gasteiger partial charge in [-0.05, 0) is 24.8 Å². The molecule has 0 bridgehead atoms. The fourth-order valence-electron chi connectivity index (χ4n) is 1.86. The maximum absolute atomic E-state index is 11.7. The molecule has 0 aromatic carbocycles. The molecule has 0 saturated heterocycles. The molecular formula is C11H15N3O2. The lowest BCUT2D eigenvalue weighted by molar-refractivity contribution is 0.0932. The summed E-state index contributed by atoms with van der Waals surface area (Å²) in [5.41, 5.74) is 5.91. The second kappa shape index (κ2) is 4.49. The van der Waals surface area contributed by atoms with Gasteiger partial charge in [0.1, 0.15) is 5.75 Å². The van der Waals surface area contributed by atoms with E-state index in [2.05, 4.69) is 10.3 Å². The molecule has 16 heavy (non-hydrogen) atoms. The van der Waals surface area contributed by atoms with Crippen LogP contribution in [0.3, 0.4) is 0 Å². The molecule has 2 rings (SSSR count). The average molecular weight is 221 g/mol. The van der Waals surface area contributed by atoms with Gasteiger partial charge in [0.15, 0.2) is 0 Å². The topological polar surface area (TPSA) is 88.2 Å². The number of amides is 1. The second-order valence-corrected chi connectivity index (χ2v) is 4.20. The Hall–Kier alpha value is -1.62. The molecule has 1 aromatic rings. The smallest absolute Gasteiger partial charge is 0.255 e. The Morgan fingerprint density at radius 1 is 1.62 bits per heavy atom. The van der Waals surface area contributed by atoms with Crippen LogP contribution < -0.4 is 11.1 Å². The highest BCUT2D eigenvalue weighted by Crippen LogP contribution is 2.24. The monoisotopic (exact) mass is 221 g/mol. The maximum Gasteiger partial charge on any atom is 0.255 e. The third-order valence-corrected chi connectivity index (χ3v) is 2.87. The van der Waals surface area contributed by atoms with Crippen LogP contribution in [0.1, 0.15) is 23.2 Å². The number of nitrogens with two attached hydrogens (primary N) is 1. The molecule has 0 radical (unpaired) electrons. The predicted molar refractivity (Wildman–Crippen MR) is 58.9 cm³/mol. The summed E-state index contributed by atoms with van der Waals surface area (Å²) in [6.45, 7) is 0.619. The standard InChI is InChI=1S/C11H15N3O2/c12-8-3-7(4-8)5-14-11(16)9-1-2-13-6-10(9)15/h1-2,6-8,15H,3-5,12H2,(H,14,16). The predicted octanol–water partition coefficient (Wildman–Crippen LogP) is 0.254. The van der Waals surface area contributed by atoms with Gasteiger partial charge in [-0.3, -0.25) is 9.78 Å². The molecule has 1 saturated carbocycles. The van der Waals surface area contributed by atoms with Crippen LogP contribution >= 0.6 is 0 Å². The van der Waals surface area contributed by atoms with Crippen LogP contribution in [-0.2, 0) is 0 Å². The number of aromatic nitrogens is 1. The van der Waals surface area contributed by atoms with Gasteiger partial charge >= 0.3 is 0 Å². The van der Waals surface area contributed by atoms with Crippen molar-refractivity contribution in [3.63, 3.8) is 0 Å². The Morgan fingerprint density at radius 3 is 3.00 bits per heavy atom. The van der Waals surface area contributed by atoms with Gasteiger partial charge in [0.25, 0.3) is 5.91 Å². The minimum absolute atomic E-state index is 0.0923. The summed E-state index contributed by atoms with van der Waals surface area (Å²) < 4.78 is 0. The fraction of sp³-hybridized carbons (Fsp3) is 0.455. The summed E-state index contributed by atoms with van der Waals surface area (Å²) in [5.74, 6) is 0.119. The van der Waals surface area contributed by atoms with Gasteiger partial charge in [-0.15, -0.1) is 0 Å². The number of rotatable bonds is 3. The lowest BCUT2D eigenvalue weighted by Gasteiger charge is -2.32. The number of hydrogen-bond acceptors (Lipinski definition) is 4. The van der Waals surface area contributed by atoms with E-state index in [9.17, 15) is 9.90 Å². The van der Waals surface area contributed by atoms with Crippen LogP contribution in [0, 0.1) is 5.92 Å². The molecule has 0 unspecified atom stereocenters. The van der Waals surface area contributed by atoms with E-state index in [1.54, 1.807) is 0 Å². The van der Waals surface area contributed by atoms with Crippen molar-refractivity contribution < 1.29 is 9.90 Å². The molecule has 1 amide bonds. The number of nitrogens with zero attached hydrogens (tertiary/aromatic N) is 1. The second-order valence-electron chi connectivity index (χ2n) is 4.20. The van der Waals surface area contributed by atoms with Gasteiger partial charge in [-0.1, -0.05) is 0 Å². The molecule has 1 aliphatic rings. The first-order valence-electron chi connectivity index (χ1n) is 5.33. The molecule has 0 atom stereocenters. The average Bonchev–Trinajstić information content (AvgIpc) is 2.23. The lowest BCUT2D eigenvalue weighted by Crippen LogP contribution is -2.42. The van der Waals surface area contributed by atoms with Crippen molar-refractivity contribution in [1.82, 2.24) is 10.3 Å². The molecular weight excluding hydrogens is 206 g/mol. The van der Waals surface area contributed by atoms with Gasteiger partial charge in [0.2, 0.25) is 0 Å². The van der Waals surface area contributed by atoms with Gasteiger partial charge in [-0.2, -0.15) is 0 Å². The molecule has 5 heteroatoms. The molecule has 86 valence electrons. The quantitative estimate of drug-likeness (QED) is 0.683. The van der Waals surface area contributed by atoms with E-state index in [0.29, 0.717) is 12.5 Å². The third kappa shape index (κ3) is 2.30. The number of carbonyl (C=O) groups excluding carboxylic acids is 1. The summed E-state index contributed by atoms with van der Waals surface area (Å²) in [4.78, 5) is 15.4. The van der Waals surface area contributed by atoms with Gasteiger partial charge in [0, 0.05) is 18.8 Å². The SMILES string of the molecule is NC1CC(CNC(=O)c2ccncc2O)C1. The fourth-order valence-corrected chi connectivity index (χ4v) is 1.86. The Morgan fingerprint density at radius 2 is 2.38 bits per heavy atom. The van der Waals surface area contributed by atoms with E-state index in [-0.39, 0.29) is 23.3 Å². The van der Waals surface area contributed by atoms with Crippen LogP contribution in [0.25, 0.3) is 0 Å². The number of nitrogens with one attached hydrogen (secondary N) is 1. The van der Waals surface area contributed by atoms with Crippen LogP contribution in [0.2, 0.25) is 0 Å². The normalized spacial score (nSPS) is 23.6. The zero-order valence-electron chi connectivity index (χ0n) is 8.89. The number of carbonyl (C=O) groups is 1. The third-order valence-electron chi connectivity index (χ3n) is 2.87. The Balaban J connectivity index is 1.86. The van der Waals surface area contributed by atoms with Crippen molar-refractivity contribution in [2.75, 3.05) is 6.54 Å². The molecule has 1 heterocycles. The number of hydrogen-bond donors (Lipinski definition) is 3. The molecule has 4 N–H and O–H groups in total. The summed E-state index contributed by atoms with van der Waals surface area (Å²) in [5, 5.41) is 12.2. The van der Waals surface area contributed by atoms with Gasteiger partial charge in [-0.25, -0.2) is 0 Å². The maximum atomic E-state index is 11.7.